The molecular weight excluding hydrogens is 646 g/mol. The van der Waals surface area contributed by atoms with Crippen molar-refractivity contribution >= 4 is 39.1 Å². The molecule has 3 aliphatic carbocycles. The Labute approximate surface area is 279 Å². The summed E-state index contributed by atoms with van der Waals surface area (Å²) in [5, 5.41) is 11.8. The number of likely N-dealkylation sites (tertiary alicyclic amines) is 1. The van der Waals surface area contributed by atoms with E-state index < -0.39 is 17.3 Å². The molecule has 1 N–H and O–H groups in total. The Morgan fingerprint density at radius 2 is 1.87 bits per heavy atom. The molecule has 1 atom stereocenters. The van der Waals surface area contributed by atoms with Gasteiger partial charge in [-0.2, -0.15) is 0 Å². The normalized spacial score (nSPS) is 22.0. The number of carboxylic acids is 1. The number of rotatable bonds is 7. The number of aryl methyl sites for hydroxylation is 2. The Balaban J connectivity index is 1.04. The van der Waals surface area contributed by atoms with Crippen molar-refractivity contribution in [2.24, 2.45) is 5.41 Å². The van der Waals surface area contributed by atoms with Crippen LogP contribution in [0.25, 0.3) is 21.3 Å². The highest BCUT2D eigenvalue weighted by atomic mass is 35.5. The van der Waals surface area contributed by atoms with Crippen molar-refractivity contribution in [3.8, 4) is 16.9 Å². The third kappa shape index (κ3) is 5.07. The van der Waals surface area contributed by atoms with Crippen LogP contribution in [-0.2, 0) is 18.4 Å². The van der Waals surface area contributed by atoms with Crippen molar-refractivity contribution in [3.63, 3.8) is 0 Å². The zero-order chi connectivity index (χ0) is 32.9. The van der Waals surface area contributed by atoms with E-state index in [0.29, 0.717) is 72.3 Å². The molecule has 0 radical (unpaired) electrons. The molecule has 3 fully saturated rings. The molecule has 47 heavy (non-hydrogen) atoms. The topological polar surface area (TPSA) is 97.6 Å². The molecule has 8 nitrogen and oxygen atoms in total. The van der Waals surface area contributed by atoms with E-state index >= 15 is 0 Å². The van der Waals surface area contributed by atoms with Crippen LogP contribution in [0.15, 0.2) is 34.4 Å². The van der Waals surface area contributed by atoms with Gasteiger partial charge in [-0.05, 0) is 89.7 Å². The maximum atomic E-state index is 14.1. The summed E-state index contributed by atoms with van der Waals surface area (Å²) in [6.45, 7) is 5.49. The minimum Gasteiger partial charge on any atom is -0.491 e. The van der Waals surface area contributed by atoms with Gasteiger partial charge in [0.2, 0.25) is 0 Å². The molecule has 246 valence electrons. The van der Waals surface area contributed by atoms with E-state index in [-0.39, 0.29) is 35.6 Å². The lowest BCUT2D eigenvalue weighted by Crippen LogP contribution is -2.49. The van der Waals surface area contributed by atoms with Crippen LogP contribution in [0.1, 0.15) is 71.7 Å². The number of piperidine rings is 1. The molecule has 1 aliphatic heterocycles. The van der Waals surface area contributed by atoms with Crippen molar-refractivity contribution in [3.05, 3.63) is 73.4 Å². The number of pyridine rings is 1. The van der Waals surface area contributed by atoms with Gasteiger partial charge in [-0.15, -0.1) is 11.3 Å². The molecule has 12 heteroatoms. The lowest BCUT2D eigenvalue weighted by molar-refractivity contribution is 0.0187. The monoisotopic (exact) mass is 680 g/mol. The molecule has 8 rings (SSSR count). The predicted molar refractivity (Wildman–Crippen MR) is 176 cm³/mol. The fraction of sp³-hybridized carbons (Fsp3) is 0.486. The van der Waals surface area contributed by atoms with Gasteiger partial charge >= 0.3 is 5.97 Å². The predicted octanol–water partition coefficient (Wildman–Crippen LogP) is 7.04. The lowest BCUT2D eigenvalue weighted by Gasteiger charge is -2.42. The van der Waals surface area contributed by atoms with E-state index in [2.05, 4.69) is 9.88 Å². The second-order valence-corrected chi connectivity index (χ2v) is 15.2. The van der Waals surface area contributed by atoms with Gasteiger partial charge in [-0.1, -0.05) is 11.6 Å². The van der Waals surface area contributed by atoms with Crippen molar-refractivity contribution in [1.29, 1.82) is 0 Å². The van der Waals surface area contributed by atoms with Gasteiger partial charge in [0.05, 0.1) is 28.0 Å². The number of aromatic carboxylic acids is 1. The maximum absolute atomic E-state index is 14.1. The summed E-state index contributed by atoms with van der Waals surface area (Å²) < 4.78 is 36.8. The lowest BCUT2D eigenvalue weighted by atomic mass is 9.79. The Morgan fingerprint density at radius 1 is 1.13 bits per heavy atom. The molecule has 4 heterocycles. The van der Waals surface area contributed by atoms with Gasteiger partial charge in [0.15, 0.2) is 0 Å². The standard InChI is InChI=1S/C35H35ClF2N4O4S/c1-19-13-24(29-28(39-19)26(17-47-29)32(44)45)23-14-21(36)3-4-27(23)46-12-11-42-20(2)40-30-25(31(42)43)15-22(16-33(30)5-6-33)41-9-7-34(8-10-41)18-35(34,37)38/h3-4,13-14,17,22H,5-12,15-16,18H2,1-2H3,(H,44,45)/t22-/m1/s1. The Bertz CT molecular complexity index is 2010. The number of hydrogen-bond donors (Lipinski definition) is 1. The van der Waals surface area contributed by atoms with E-state index in [0.717, 1.165) is 40.8 Å². The third-order valence-electron chi connectivity index (χ3n) is 11.0. The minimum absolute atomic E-state index is 0.0188. The molecule has 4 aliphatic rings. The largest absolute Gasteiger partial charge is 0.491 e. The van der Waals surface area contributed by atoms with Crippen molar-refractivity contribution in [2.75, 3.05) is 19.7 Å². The first kappa shape index (κ1) is 30.9. The number of halogens is 3. The molecule has 2 spiro atoms. The summed E-state index contributed by atoms with van der Waals surface area (Å²) in [6.07, 6.45) is 4.59. The first-order valence-electron chi connectivity index (χ1n) is 16.2. The number of alkyl halides is 2. The average molecular weight is 681 g/mol. The van der Waals surface area contributed by atoms with Crippen LogP contribution in [-0.4, -0.2) is 62.2 Å². The number of hydrogen-bond acceptors (Lipinski definition) is 7. The summed E-state index contributed by atoms with van der Waals surface area (Å²) in [4.78, 5) is 37.7. The minimum atomic E-state index is -2.52. The molecule has 1 saturated heterocycles. The summed E-state index contributed by atoms with van der Waals surface area (Å²) in [7, 11) is 0. The number of ether oxygens (including phenoxy) is 1. The second-order valence-electron chi connectivity index (χ2n) is 13.9. The van der Waals surface area contributed by atoms with Gasteiger partial charge < -0.3 is 9.84 Å². The van der Waals surface area contributed by atoms with Crippen molar-refractivity contribution < 1.29 is 23.4 Å². The van der Waals surface area contributed by atoms with Gasteiger partial charge in [0.1, 0.15) is 18.2 Å². The zero-order valence-electron chi connectivity index (χ0n) is 26.2. The molecule has 0 amide bonds. The van der Waals surface area contributed by atoms with Crippen LogP contribution >= 0.6 is 22.9 Å². The van der Waals surface area contributed by atoms with Gasteiger partial charge in [0.25, 0.3) is 11.5 Å². The van der Waals surface area contributed by atoms with Crippen LogP contribution < -0.4 is 10.3 Å². The van der Waals surface area contributed by atoms with Crippen LogP contribution in [0.5, 0.6) is 5.75 Å². The highest BCUT2D eigenvalue weighted by molar-refractivity contribution is 7.18. The maximum Gasteiger partial charge on any atom is 0.338 e. The number of thiophene rings is 1. The Morgan fingerprint density at radius 3 is 2.55 bits per heavy atom. The summed E-state index contributed by atoms with van der Waals surface area (Å²) in [6, 6.07) is 7.38. The number of nitrogens with zero attached hydrogens (tertiary/aromatic N) is 4. The number of carbonyl (C=O) groups is 1. The smallest absolute Gasteiger partial charge is 0.338 e. The van der Waals surface area contributed by atoms with Crippen molar-refractivity contribution in [2.45, 2.75) is 82.7 Å². The summed E-state index contributed by atoms with van der Waals surface area (Å²) in [5.74, 6) is -2.34. The quantitative estimate of drug-likeness (QED) is 0.224. The van der Waals surface area contributed by atoms with Gasteiger partial charge in [0, 0.05) is 56.1 Å². The highest BCUT2D eigenvalue weighted by Crippen LogP contribution is 2.66. The number of aromatic nitrogens is 3. The first-order chi connectivity index (χ1) is 22.4. The van der Waals surface area contributed by atoms with E-state index in [1.807, 2.05) is 19.9 Å². The molecule has 4 aromatic rings. The fourth-order valence-corrected chi connectivity index (χ4v) is 9.29. The SMILES string of the molecule is Cc1cc(-c2cc(Cl)ccc2OCCn2c(C)nc3c(c2=O)C[C@@H](N2CCC4(CC2)CC4(F)F)CC32CC2)c2scc(C(=O)O)c2n1. The van der Waals surface area contributed by atoms with E-state index in [4.69, 9.17) is 21.3 Å². The van der Waals surface area contributed by atoms with Gasteiger partial charge in [-0.3, -0.25) is 19.2 Å². The molecule has 0 bridgehead atoms. The fourth-order valence-electron chi connectivity index (χ4n) is 8.11. The number of carboxylic acid groups (broad SMARTS) is 1. The van der Waals surface area contributed by atoms with E-state index in [1.165, 1.54) is 11.3 Å². The van der Waals surface area contributed by atoms with Crippen LogP contribution in [0.3, 0.4) is 0 Å². The molecule has 0 unspecified atom stereocenters. The second kappa shape index (κ2) is 10.8. The number of benzene rings is 1. The van der Waals surface area contributed by atoms with Crippen LogP contribution in [0.2, 0.25) is 5.02 Å². The van der Waals surface area contributed by atoms with Gasteiger partial charge in [-0.25, -0.2) is 18.6 Å². The van der Waals surface area contributed by atoms with Crippen LogP contribution in [0, 0.1) is 19.3 Å². The molecular formula is C35H35ClF2N4O4S. The van der Waals surface area contributed by atoms with E-state index in [1.54, 1.807) is 28.1 Å². The molecule has 1 aromatic carbocycles. The molecule has 2 saturated carbocycles. The molecule has 3 aromatic heterocycles. The Kier molecular flexibility index (Phi) is 7.10. The van der Waals surface area contributed by atoms with Crippen LogP contribution in [0.4, 0.5) is 8.78 Å². The third-order valence-corrected chi connectivity index (χ3v) is 12.3. The number of fused-ring (bicyclic) bond motifs is 3. The Hall–Kier alpha value is -3.41. The highest BCUT2D eigenvalue weighted by Gasteiger charge is 2.70. The first-order valence-corrected chi connectivity index (χ1v) is 17.4. The van der Waals surface area contributed by atoms with Crippen molar-refractivity contribution in [1.82, 2.24) is 19.4 Å². The summed E-state index contributed by atoms with van der Waals surface area (Å²) >= 11 is 7.74. The summed E-state index contributed by atoms with van der Waals surface area (Å²) in [5.41, 5.74) is 3.51. The zero-order valence-corrected chi connectivity index (χ0v) is 27.8. The average Bonchev–Trinajstić information content (AvgIpc) is 3.84. The van der Waals surface area contributed by atoms with E-state index in [9.17, 15) is 23.5 Å².